The minimum absolute atomic E-state index is 0.0855. The van der Waals surface area contributed by atoms with Gasteiger partial charge < -0.3 is 10.6 Å². The standard InChI is InChI=1S/C24H26N2O3/c1-14-7-3-6-10-21(14)25-15(2)24(29)26-16-11-12-19-20(13-16)23(28)18-9-5-4-8-17(18)22(19)27/h4-5,8-9,11-15,21,25H,3,6-7,10H2,1-2H3,(H,26,29)/p+1/t14-,15+,21-/m1/s1. The van der Waals surface area contributed by atoms with Gasteiger partial charge in [0.1, 0.15) is 0 Å². The van der Waals surface area contributed by atoms with Gasteiger partial charge in [0, 0.05) is 33.9 Å². The largest absolute Gasteiger partial charge is 0.334 e. The number of carbonyl (C=O) groups excluding carboxylic acids is 3. The van der Waals surface area contributed by atoms with Gasteiger partial charge in [0.25, 0.3) is 5.91 Å². The van der Waals surface area contributed by atoms with E-state index in [9.17, 15) is 14.4 Å². The van der Waals surface area contributed by atoms with Crippen LogP contribution in [0, 0.1) is 5.92 Å². The van der Waals surface area contributed by atoms with Crippen molar-refractivity contribution in [2.45, 2.75) is 51.6 Å². The van der Waals surface area contributed by atoms with Crippen molar-refractivity contribution in [3.63, 3.8) is 0 Å². The summed E-state index contributed by atoms with van der Waals surface area (Å²) in [6.07, 6.45) is 4.87. The molecule has 3 atom stereocenters. The van der Waals surface area contributed by atoms with Gasteiger partial charge in [-0.15, -0.1) is 0 Å². The van der Waals surface area contributed by atoms with Crippen LogP contribution in [0.1, 0.15) is 71.4 Å². The predicted molar refractivity (Wildman–Crippen MR) is 111 cm³/mol. The van der Waals surface area contributed by atoms with E-state index in [-0.39, 0.29) is 23.5 Å². The van der Waals surface area contributed by atoms with E-state index in [1.807, 2.05) is 6.92 Å². The van der Waals surface area contributed by atoms with Crippen molar-refractivity contribution in [3.8, 4) is 0 Å². The van der Waals surface area contributed by atoms with Crippen LogP contribution in [0.2, 0.25) is 0 Å². The number of amides is 1. The number of fused-ring (bicyclic) bond motifs is 2. The van der Waals surface area contributed by atoms with Gasteiger partial charge >= 0.3 is 0 Å². The summed E-state index contributed by atoms with van der Waals surface area (Å²) in [5, 5.41) is 5.09. The number of benzene rings is 2. The molecular formula is C24H27N2O3+. The van der Waals surface area contributed by atoms with Gasteiger partial charge in [0.15, 0.2) is 17.6 Å². The minimum Gasteiger partial charge on any atom is -0.334 e. The highest BCUT2D eigenvalue weighted by atomic mass is 16.2. The highest BCUT2D eigenvalue weighted by Crippen LogP contribution is 2.29. The van der Waals surface area contributed by atoms with Crippen LogP contribution in [0.4, 0.5) is 5.69 Å². The number of anilines is 1. The highest BCUT2D eigenvalue weighted by Gasteiger charge is 2.31. The van der Waals surface area contributed by atoms with Gasteiger partial charge in [-0.25, -0.2) is 0 Å². The van der Waals surface area contributed by atoms with E-state index in [0.29, 0.717) is 39.9 Å². The zero-order chi connectivity index (χ0) is 20.5. The van der Waals surface area contributed by atoms with Gasteiger partial charge in [-0.2, -0.15) is 0 Å². The third-order valence-electron chi connectivity index (χ3n) is 6.32. The summed E-state index contributed by atoms with van der Waals surface area (Å²) < 4.78 is 0. The molecule has 0 saturated heterocycles. The fraction of sp³-hybridized carbons (Fsp3) is 0.375. The van der Waals surface area contributed by atoms with E-state index in [4.69, 9.17) is 0 Å². The van der Waals surface area contributed by atoms with Crippen LogP contribution >= 0.6 is 0 Å². The zero-order valence-corrected chi connectivity index (χ0v) is 16.9. The van der Waals surface area contributed by atoms with E-state index in [1.54, 1.807) is 42.5 Å². The smallest absolute Gasteiger partial charge is 0.282 e. The SMILES string of the molecule is C[C@H]([NH2+][C@@H]1CCCC[C@H]1C)C(=O)Nc1ccc2c(c1)C(=O)c1ccccc1C2=O. The Kier molecular flexibility index (Phi) is 5.33. The topological polar surface area (TPSA) is 79.8 Å². The lowest BCUT2D eigenvalue weighted by atomic mass is 9.84. The van der Waals surface area contributed by atoms with Crippen LogP contribution < -0.4 is 10.6 Å². The lowest BCUT2D eigenvalue weighted by Crippen LogP contribution is -2.97. The summed E-state index contributed by atoms with van der Waals surface area (Å²) in [5.74, 6) is 0.201. The molecule has 0 bridgehead atoms. The first kappa shape index (κ1) is 19.5. The molecule has 2 aromatic carbocycles. The number of nitrogens with two attached hydrogens (primary N) is 1. The number of nitrogens with one attached hydrogen (secondary N) is 1. The van der Waals surface area contributed by atoms with E-state index in [1.165, 1.54) is 19.3 Å². The Bertz CT molecular complexity index is 982. The third kappa shape index (κ3) is 3.75. The molecule has 3 N–H and O–H groups in total. The molecule has 0 aliphatic heterocycles. The first-order valence-electron chi connectivity index (χ1n) is 10.4. The first-order valence-corrected chi connectivity index (χ1v) is 10.4. The zero-order valence-electron chi connectivity index (χ0n) is 16.9. The van der Waals surface area contributed by atoms with Crippen molar-refractivity contribution < 1.29 is 19.7 Å². The van der Waals surface area contributed by atoms with Crippen molar-refractivity contribution in [2.24, 2.45) is 5.92 Å². The summed E-state index contributed by atoms with van der Waals surface area (Å²) >= 11 is 0. The molecule has 1 amide bonds. The Morgan fingerprint density at radius 3 is 2.28 bits per heavy atom. The van der Waals surface area contributed by atoms with Gasteiger partial charge in [-0.05, 0) is 44.4 Å². The number of hydrogen-bond donors (Lipinski definition) is 2. The van der Waals surface area contributed by atoms with Crippen molar-refractivity contribution in [1.29, 1.82) is 0 Å². The summed E-state index contributed by atoms with van der Waals surface area (Å²) in [6, 6.07) is 12.1. The maximum absolute atomic E-state index is 12.9. The van der Waals surface area contributed by atoms with Crippen LogP contribution in [0.3, 0.4) is 0 Å². The molecular weight excluding hydrogens is 364 g/mol. The monoisotopic (exact) mass is 391 g/mol. The first-order chi connectivity index (χ1) is 14.0. The average molecular weight is 391 g/mol. The summed E-state index contributed by atoms with van der Waals surface area (Å²) in [4.78, 5) is 38.3. The molecule has 2 aliphatic rings. The number of hydrogen-bond acceptors (Lipinski definition) is 3. The van der Waals surface area contributed by atoms with Crippen molar-refractivity contribution >= 4 is 23.2 Å². The van der Waals surface area contributed by atoms with E-state index >= 15 is 0 Å². The van der Waals surface area contributed by atoms with E-state index in [0.717, 1.165) is 6.42 Å². The summed E-state index contributed by atoms with van der Waals surface area (Å²) in [5.41, 5.74) is 2.14. The van der Waals surface area contributed by atoms with Crippen molar-refractivity contribution in [1.82, 2.24) is 0 Å². The molecule has 4 rings (SSSR count). The molecule has 0 radical (unpaired) electrons. The second-order valence-corrected chi connectivity index (χ2v) is 8.36. The quantitative estimate of drug-likeness (QED) is 0.718. The number of carbonyl (C=O) groups is 3. The van der Waals surface area contributed by atoms with Gasteiger partial charge in [0.05, 0.1) is 6.04 Å². The molecule has 0 unspecified atom stereocenters. The second-order valence-electron chi connectivity index (χ2n) is 8.36. The molecule has 29 heavy (non-hydrogen) atoms. The number of ketones is 2. The lowest BCUT2D eigenvalue weighted by molar-refractivity contribution is -0.714. The fourth-order valence-electron chi connectivity index (χ4n) is 4.52. The molecule has 0 spiro atoms. The van der Waals surface area contributed by atoms with Crippen LogP contribution in [0.5, 0.6) is 0 Å². The number of quaternary nitrogens is 1. The molecule has 2 aromatic rings. The molecule has 5 nitrogen and oxygen atoms in total. The summed E-state index contributed by atoms with van der Waals surface area (Å²) in [6.45, 7) is 4.18. The maximum Gasteiger partial charge on any atom is 0.282 e. The summed E-state index contributed by atoms with van der Waals surface area (Å²) in [7, 11) is 0. The molecule has 1 saturated carbocycles. The Morgan fingerprint density at radius 2 is 1.59 bits per heavy atom. The van der Waals surface area contributed by atoms with Gasteiger partial charge in [0.2, 0.25) is 0 Å². The normalized spacial score (nSPS) is 21.9. The Morgan fingerprint density at radius 1 is 0.966 bits per heavy atom. The van der Waals surface area contributed by atoms with Crippen LogP contribution in [0.25, 0.3) is 0 Å². The molecule has 0 heterocycles. The Balaban J connectivity index is 1.50. The minimum atomic E-state index is -0.213. The highest BCUT2D eigenvalue weighted by molar-refractivity contribution is 6.28. The van der Waals surface area contributed by atoms with Crippen LogP contribution in [-0.4, -0.2) is 29.6 Å². The molecule has 2 aliphatic carbocycles. The van der Waals surface area contributed by atoms with Crippen molar-refractivity contribution in [3.05, 3.63) is 64.7 Å². The van der Waals surface area contributed by atoms with E-state index in [2.05, 4.69) is 17.6 Å². The van der Waals surface area contributed by atoms with Gasteiger partial charge in [-0.1, -0.05) is 37.6 Å². The predicted octanol–water partition coefficient (Wildman–Crippen LogP) is 2.93. The maximum atomic E-state index is 12.9. The molecule has 1 fully saturated rings. The van der Waals surface area contributed by atoms with E-state index < -0.39 is 0 Å². The fourth-order valence-corrected chi connectivity index (χ4v) is 4.52. The van der Waals surface area contributed by atoms with Crippen molar-refractivity contribution in [2.75, 3.05) is 5.32 Å². The molecule has 0 aromatic heterocycles. The lowest BCUT2D eigenvalue weighted by Gasteiger charge is -2.28. The Hall–Kier alpha value is -2.79. The number of rotatable bonds is 4. The second kappa shape index (κ2) is 7.91. The van der Waals surface area contributed by atoms with Gasteiger partial charge in [-0.3, -0.25) is 14.4 Å². The van der Waals surface area contributed by atoms with Crippen LogP contribution in [-0.2, 0) is 4.79 Å². The molecule has 150 valence electrons. The average Bonchev–Trinajstić information content (AvgIpc) is 2.73. The third-order valence-corrected chi connectivity index (χ3v) is 6.32. The molecule has 5 heteroatoms. The van der Waals surface area contributed by atoms with Crippen LogP contribution in [0.15, 0.2) is 42.5 Å². The Labute approximate surface area is 170 Å².